The molecule has 0 radical (unpaired) electrons. The molecular formula is C24H24ClFN2O2. The average Bonchev–Trinajstić information content (AvgIpc) is 2.75. The minimum atomic E-state index is -0.246. The molecule has 2 N–H and O–H groups in total. The van der Waals surface area contributed by atoms with Crippen LogP contribution in [0.3, 0.4) is 0 Å². The van der Waals surface area contributed by atoms with Gasteiger partial charge in [0, 0.05) is 29.3 Å². The summed E-state index contributed by atoms with van der Waals surface area (Å²) in [5.41, 5.74) is 2.49. The molecule has 1 aliphatic rings. The third-order valence-electron chi connectivity index (χ3n) is 6.28. The van der Waals surface area contributed by atoms with E-state index in [1.165, 1.54) is 12.1 Å². The summed E-state index contributed by atoms with van der Waals surface area (Å²) in [4.78, 5) is 17.0. The van der Waals surface area contributed by atoms with Crippen molar-refractivity contribution in [3.05, 3.63) is 65.1 Å². The number of aromatic hydroxyl groups is 1. The molecule has 3 aromatic rings. The Bertz CT molecular complexity index is 1080. The summed E-state index contributed by atoms with van der Waals surface area (Å²) >= 11 is 5.82. The van der Waals surface area contributed by atoms with Gasteiger partial charge in [0.15, 0.2) is 0 Å². The van der Waals surface area contributed by atoms with E-state index in [0.717, 1.165) is 42.1 Å². The molecule has 1 aliphatic carbocycles. The molecule has 4 rings (SSSR count). The monoisotopic (exact) mass is 426 g/mol. The number of hydrogen-bond donors (Lipinski definition) is 2. The third kappa shape index (κ3) is 4.26. The largest absolute Gasteiger partial charge is 0.506 e. The highest BCUT2D eigenvalue weighted by Crippen LogP contribution is 2.41. The quantitative estimate of drug-likeness (QED) is 0.516. The minimum Gasteiger partial charge on any atom is -0.506 e. The number of hydrogen-bond acceptors (Lipinski definition) is 3. The van der Waals surface area contributed by atoms with Gasteiger partial charge in [0.1, 0.15) is 11.6 Å². The molecule has 1 heterocycles. The molecule has 0 bridgehead atoms. The Labute approximate surface area is 180 Å². The van der Waals surface area contributed by atoms with Crippen LogP contribution in [-0.4, -0.2) is 16.0 Å². The smallest absolute Gasteiger partial charge is 0.227 e. The van der Waals surface area contributed by atoms with E-state index in [9.17, 15) is 14.3 Å². The van der Waals surface area contributed by atoms with Gasteiger partial charge in [-0.25, -0.2) is 4.39 Å². The number of halogens is 2. The zero-order valence-electron chi connectivity index (χ0n) is 16.7. The van der Waals surface area contributed by atoms with E-state index in [1.807, 2.05) is 13.0 Å². The molecule has 6 heteroatoms. The zero-order valence-corrected chi connectivity index (χ0v) is 17.5. The normalized spacial score (nSPS) is 20.1. The molecule has 156 valence electrons. The number of benzene rings is 2. The van der Waals surface area contributed by atoms with Crippen LogP contribution in [0.25, 0.3) is 10.9 Å². The Kier molecular flexibility index (Phi) is 5.91. The highest BCUT2D eigenvalue weighted by molar-refractivity contribution is 6.32. The van der Waals surface area contributed by atoms with Gasteiger partial charge in [-0.3, -0.25) is 9.78 Å². The molecule has 0 saturated heterocycles. The number of pyridine rings is 1. The first-order valence-electron chi connectivity index (χ1n) is 10.3. The van der Waals surface area contributed by atoms with E-state index in [4.69, 9.17) is 11.6 Å². The van der Waals surface area contributed by atoms with Gasteiger partial charge in [-0.15, -0.1) is 0 Å². The minimum absolute atomic E-state index is 0.0522. The number of fused-ring (bicyclic) bond motifs is 1. The summed E-state index contributed by atoms with van der Waals surface area (Å²) in [6.07, 6.45) is 5.58. The predicted molar refractivity (Wildman–Crippen MR) is 117 cm³/mol. The standard InChI is InChI=1S/C24H24ClFN2O2/c1-14(24(30)28-18-7-8-21(25)23(29)13-18)15-2-4-16(5-3-15)19-10-11-27-22-9-6-17(26)12-20(19)22/h6-16,29H,2-5H2,1H3,(H,28,30)/t14?,15-,16+. The fourth-order valence-corrected chi connectivity index (χ4v) is 4.60. The first kappa shape index (κ1) is 20.6. The summed E-state index contributed by atoms with van der Waals surface area (Å²) in [7, 11) is 0. The summed E-state index contributed by atoms with van der Waals surface area (Å²) < 4.78 is 13.8. The van der Waals surface area contributed by atoms with E-state index >= 15 is 0 Å². The lowest BCUT2D eigenvalue weighted by Crippen LogP contribution is -2.29. The maximum Gasteiger partial charge on any atom is 0.227 e. The number of carbonyl (C=O) groups is 1. The molecule has 1 amide bonds. The molecule has 0 spiro atoms. The lowest BCUT2D eigenvalue weighted by Gasteiger charge is -2.32. The van der Waals surface area contributed by atoms with Crippen LogP contribution in [0.2, 0.25) is 5.02 Å². The predicted octanol–water partition coefficient (Wildman–Crippen LogP) is 6.28. The number of carbonyl (C=O) groups excluding carboxylic acids is 1. The first-order chi connectivity index (χ1) is 14.4. The van der Waals surface area contributed by atoms with E-state index in [-0.39, 0.29) is 34.3 Å². The maximum atomic E-state index is 13.8. The van der Waals surface area contributed by atoms with Crippen molar-refractivity contribution in [3.63, 3.8) is 0 Å². The molecule has 1 aromatic heterocycles. The maximum absolute atomic E-state index is 13.8. The Morgan fingerprint density at radius 2 is 1.93 bits per heavy atom. The Balaban J connectivity index is 1.41. The summed E-state index contributed by atoms with van der Waals surface area (Å²) in [5.74, 6) is 0.128. The third-order valence-corrected chi connectivity index (χ3v) is 6.60. The number of nitrogens with one attached hydrogen (secondary N) is 1. The van der Waals surface area contributed by atoms with Gasteiger partial charge in [0.2, 0.25) is 5.91 Å². The van der Waals surface area contributed by atoms with Crippen LogP contribution < -0.4 is 5.32 Å². The first-order valence-corrected chi connectivity index (χ1v) is 10.6. The molecule has 1 saturated carbocycles. The number of phenolic OH excluding ortho intramolecular Hbond substituents is 1. The van der Waals surface area contributed by atoms with Crippen LogP contribution in [0, 0.1) is 17.7 Å². The Morgan fingerprint density at radius 3 is 2.67 bits per heavy atom. The van der Waals surface area contributed by atoms with Gasteiger partial charge in [0.05, 0.1) is 10.5 Å². The Hall–Kier alpha value is -2.66. The van der Waals surface area contributed by atoms with Crippen molar-refractivity contribution in [2.24, 2.45) is 11.8 Å². The second-order valence-electron chi connectivity index (χ2n) is 8.12. The van der Waals surface area contributed by atoms with Crippen molar-refractivity contribution in [2.75, 3.05) is 5.32 Å². The molecule has 1 atom stereocenters. The average molecular weight is 427 g/mol. The van der Waals surface area contributed by atoms with Gasteiger partial charge in [-0.05, 0) is 79.5 Å². The summed E-state index contributed by atoms with van der Waals surface area (Å²) in [5, 5.41) is 13.7. The van der Waals surface area contributed by atoms with Crippen LogP contribution in [-0.2, 0) is 4.79 Å². The Morgan fingerprint density at radius 1 is 1.17 bits per heavy atom. The van der Waals surface area contributed by atoms with E-state index in [1.54, 1.807) is 30.5 Å². The topological polar surface area (TPSA) is 62.2 Å². The molecule has 30 heavy (non-hydrogen) atoms. The van der Waals surface area contributed by atoms with Crippen LogP contribution >= 0.6 is 11.6 Å². The molecule has 1 unspecified atom stereocenters. The van der Waals surface area contributed by atoms with Crippen LogP contribution in [0.15, 0.2) is 48.7 Å². The molecule has 2 aromatic carbocycles. The fraction of sp³-hybridized carbons (Fsp3) is 0.333. The molecule has 4 nitrogen and oxygen atoms in total. The number of nitrogens with zero attached hydrogens (tertiary/aromatic N) is 1. The van der Waals surface area contributed by atoms with Crippen LogP contribution in [0.4, 0.5) is 10.1 Å². The highest BCUT2D eigenvalue weighted by atomic mass is 35.5. The van der Waals surface area contributed by atoms with Gasteiger partial charge in [0.25, 0.3) is 0 Å². The lowest BCUT2D eigenvalue weighted by molar-refractivity contribution is -0.121. The second kappa shape index (κ2) is 8.60. The number of aromatic nitrogens is 1. The van der Waals surface area contributed by atoms with Crippen molar-refractivity contribution in [1.29, 1.82) is 0 Å². The van der Waals surface area contributed by atoms with E-state index in [0.29, 0.717) is 11.6 Å². The van der Waals surface area contributed by atoms with Crippen LogP contribution in [0.5, 0.6) is 5.75 Å². The molecule has 1 fully saturated rings. The lowest BCUT2D eigenvalue weighted by atomic mass is 9.73. The van der Waals surface area contributed by atoms with Crippen molar-refractivity contribution >= 4 is 34.1 Å². The van der Waals surface area contributed by atoms with Crippen LogP contribution in [0.1, 0.15) is 44.1 Å². The number of anilines is 1. The van der Waals surface area contributed by atoms with Crippen molar-refractivity contribution < 1.29 is 14.3 Å². The number of rotatable bonds is 4. The number of phenols is 1. The van der Waals surface area contributed by atoms with Crippen molar-refractivity contribution in [3.8, 4) is 5.75 Å². The SMILES string of the molecule is CC(C(=O)Nc1ccc(Cl)c(O)c1)[C@H]1CC[C@@H](c2ccnc3ccc(F)cc32)CC1. The number of amides is 1. The summed E-state index contributed by atoms with van der Waals surface area (Å²) in [6, 6.07) is 11.4. The van der Waals surface area contributed by atoms with Gasteiger partial charge in [-0.2, -0.15) is 0 Å². The van der Waals surface area contributed by atoms with Gasteiger partial charge >= 0.3 is 0 Å². The second-order valence-corrected chi connectivity index (χ2v) is 8.52. The van der Waals surface area contributed by atoms with Gasteiger partial charge in [-0.1, -0.05) is 18.5 Å². The van der Waals surface area contributed by atoms with Gasteiger partial charge < -0.3 is 10.4 Å². The van der Waals surface area contributed by atoms with E-state index in [2.05, 4.69) is 10.3 Å². The van der Waals surface area contributed by atoms with Crippen molar-refractivity contribution in [2.45, 2.75) is 38.5 Å². The van der Waals surface area contributed by atoms with E-state index < -0.39 is 0 Å². The van der Waals surface area contributed by atoms with Crippen molar-refractivity contribution in [1.82, 2.24) is 4.98 Å². The zero-order chi connectivity index (χ0) is 21.3. The molecule has 0 aliphatic heterocycles. The summed E-state index contributed by atoms with van der Waals surface area (Å²) in [6.45, 7) is 1.95. The highest BCUT2D eigenvalue weighted by Gasteiger charge is 2.30. The fourth-order valence-electron chi connectivity index (χ4n) is 4.49. The molecular weight excluding hydrogens is 403 g/mol.